The Hall–Kier alpha value is -2.98. The fourth-order valence-electron chi connectivity index (χ4n) is 3.70. The first kappa shape index (κ1) is 21.7. The van der Waals surface area contributed by atoms with Gasteiger partial charge in [0.25, 0.3) is 0 Å². The highest BCUT2D eigenvalue weighted by Gasteiger charge is 2.28. The van der Waals surface area contributed by atoms with E-state index in [1.807, 2.05) is 32.9 Å². The summed E-state index contributed by atoms with van der Waals surface area (Å²) in [7, 11) is 0. The first-order valence-corrected chi connectivity index (χ1v) is 10.8. The largest absolute Gasteiger partial charge is 0.490 e. The van der Waals surface area contributed by atoms with Crippen LogP contribution in [0.4, 0.5) is 0 Å². The minimum atomic E-state index is -0.0188. The molecule has 0 unspecified atom stereocenters. The molecule has 156 valence electrons. The van der Waals surface area contributed by atoms with Crippen LogP contribution < -0.4 is 10.1 Å². The molecule has 1 aliphatic carbocycles. The van der Waals surface area contributed by atoms with E-state index in [2.05, 4.69) is 34.6 Å². The van der Waals surface area contributed by atoms with E-state index in [9.17, 15) is 10.1 Å². The lowest BCUT2D eigenvalue weighted by molar-refractivity contribution is -0.119. The van der Waals surface area contributed by atoms with Crippen LogP contribution in [0.15, 0.2) is 35.4 Å². The van der Waals surface area contributed by atoms with Gasteiger partial charge in [-0.25, -0.2) is 0 Å². The SMILES string of the molecule is CC=C1/C(=C(\C)c2nnc(-c3ccc(OC(C)C)c(C#N)c3)s2)CC[C@@H]1NC(C)=O. The van der Waals surface area contributed by atoms with E-state index in [1.54, 1.807) is 13.0 Å². The minimum Gasteiger partial charge on any atom is -0.490 e. The standard InChI is InChI=1S/C23H26N4O2S/c1-6-18-19(8-9-20(18)25-15(5)28)14(4)22-26-27-23(30-22)16-7-10-21(29-13(2)3)17(11-16)12-24/h6-7,10-11,13,20H,8-9H2,1-5H3,(H,25,28)/b18-6?,19-14+/t20-/m0/s1. The van der Waals surface area contributed by atoms with E-state index in [0.29, 0.717) is 11.3 Å². The second-order valence-electron chi connectivity index (χ2n) is 7.54. The average Bonchev–Trinajstić information content (AvgIpc) is 3.34. The number of carbonyl (C=O) groups excluding carboxylic acids is 1. The Balaban J connectivity index is 1.90. The fourth-order valence-corrected chi connectivity index (χ4v) is 4.57. The molecule has 0 aliphatic heterocycles. The third-order valence-electron chi connectivity index (χ3n) is 5.00. The van der Waals surface area contributed by atoms with Gasteiger partial charge < -0.3 is 10.1 Å². The van der Waals surface area contributed by atoms with Crippen molar-refractivity contribution in [2.45, 2.75) is 59.6 Å². The maximum absolute atomic E-state index is 11.5. The number of nitrogens with zero attached hydrogens (tertiary/aromatic N) is 3. The molecule has 7 heteroatoms. The van der Waals surface area contributed by atoms with Crippen LogP contribution in [-0.2, 0) is 4.79 Å². The van der Waals surface area contributed by atoms with Gasteiger partial charge >= 0.3 is 0 Å². The van der Waals surface area contributed by atoms with Crippen molar-refractivity contribution in [2.75, 3.05) is 0 Å². The summed E-state index contributed by atoms with van der Waals surface area (Å²) in [4.78, 5) is 11.5. The molecule has 1 atom stereocenters. The zero-order chi connectivity index (χ0) is 21.8. The third kappa shape index (κ3) is 4.60. The molecule has 0 radical (unpaired) electrons. The van der Waals surface area contributed by atoms with Crippen LogP contribution in [0.1, 0.15) is 58.0 Å². The normalized spacial score (nSPS) is 19.1. The molecule has 0 bridgehead atoms. The number of nitriles is 1. The van der Waals surface area contributed by atoms with Gasteiger partial charge in [0.1, 0.15) is 21.8 Å². The van der Waals surface area contributed by atoms with E-state index in [0.717, 1.165) is 39.6 Å². The molecular weight excluding hydrogens is 396 g/mol. The van der Waals surface area contributed by atoms with Gasteiger partial charge in [-0.1, -0.05) is 17.4 Å². The number of carbonyl (C=O) groups is 1. The highest BCUT2D eigenvalue weighted by atomic mass is 32.1. The molecule has 1 fully saturated rings. The van der Waals surface area contributed by atoms with Gasteiger partial charge in [0.05, 0.1) is 17.7 Å². The van der Waals surface area contributed by atoms with Crippen molar-refractivity contribution >= 4 is 22.8 Å². The first-order valence-electron chi connectivity index (χ1n) is 10.0. The van der Waals surface area contributed by atoms with Gasteiger partial charge in [0.15, 0.2) is 0 Å². The molecule has 3 rings (SSSR count). The van der Waals surface area contributed by atoms with Crippen molar-refractivity contribution in [1.29, 1.82) is 5.26 Å². The van der Waals surface area contributed by atoms with Crippen molar-refractivity contribution in [1.82, 2.24) is 15.5 Å². The van der Waals surface area contributed by atoms with E-state index >= 15 is 0 Å². The molecule has 1 aromatic carbocycles. The number of amides is 1. The van der Waals surface area contributed by atoms with Crippen LogP contribution in [-0.4, -0.2) is 28.3 Å². The van der Waals surface area contributed by atoms with Crippen LogP contribution in [0, 0.1) is 11.3 Å². The quantitative estimate of drug-likeness (QED) is 0.742. The highest BCUT2D eigenvalue weighted by Crippen LogP contribution is 2.38. The Morgan fingerprint density at radius 2 is 2.13 bits per heavy atom. The molecule has 1 aromatic heterocycles. The number of ether oxygens (including phenoxy) is 1. The second kappa shape index (κ2) is 9.23. The molecule has 1 amide bonds. The molecule has 1 aliphatic rings. The third-order valence-corrected chi connectivity index (χ3v) is 6.10. The summed E-state index contributed by atoms with van der Waals surface area (Å²) < 4.78 is 5.70. The van der Waals surface area contributed by atoms with Gasteiger partial charge in [-0.3, -0.25) is 4.79 Å². The van der Waals surface area contributed by atoms with Crippen LogP contribution >= 0.6 is 11.3 Å². The Labute approximate surface area is 181 Å². The minimum absolute atomic E-state index is 0.00102. The molecular formula is C23H26N4O2S. The molecule has 2 aromatic rings. The number of nitrogens with one attached hydrogen (secondary N) is 1. The van der Waals surface area contributed by atoms with Gasteiger partial charge in [-0.15, -0.1) is 10.2 Å². The smallest absolute Gasteiger partial charge is 0.217 e. The Morgan fingerprint density at radius 1 is 1.37 bits per heavy atom. The molecule has 0 spiro atoms. The lowest BCUT2D eigenvalue weighted by atomic mass is 10.0. The Bertz CT molecular complexity index is 1060. The van der Waals surface area contributed by atoms with Crippen molar-refractivity contribution in [3.05, 3.63) is 46.0 Å². The van der Waals surface area contributed by atoms with Gasteiger partial charge in [0.2, 0.25) is 5.91 Å². The van der Waals surface area contributed by atoms with Crippen LogP contribution in [0.2, 0.25) is 0 Å². The van der Waals surface area contributed by atoms with Gasteiger partial charge in [0, 0.05) is 12.5 Å². The highest BCUT2D eigenvalue weighted by molar-refractivity contribution is 7.15. The number of aromatic nitrogens is 2. The number of allylic oxidation sites excluding steroid dienone is 2. The Morgan fingerprint density at radius 3 is 2.77 bits per heavy atom. The summed E-state index contributed by atoms with van der Waals surface area (Å²) in [6.07, 6.45) is 3.85. The molecule has 1 heterocycles. The molecule has 0 saturated heterocycles. The lowest BCUT2D eigenvalue weighted by Crippen LogP contribution is -2.31. The van der Waals surface area contributed by atoms with Gasteiger partial charge in [-0.05, 0) is 75.5 Å². The number of benzene rings is 1. The maximum Gasteiger partial charge on any atom is 0.217 e. The fraction of sp³-hybridized carbons (Fsp3) is 0.391. The van der Waals surface area contributed by atoms with Crippen molar-refractivity contribution in [3.63, 3.8) is 0 Å². The topological polar surface area (TPSA) is 87.9 Å². The van der Waals surface area contributed by atoms with Crippen LogP contribution in [0.3, 0.4) is 0 Å². The zero-order valence-corrected chi connectivity index (χ0v) is 18.8. The number of rotatable bonds is 5. The lowest BCUT2D eigenvalue weighted by Gasteiger charge is -2.14. The van der Waals surface area contributed by atoms with E-state index in [-0.39, 0.29) is 18.1 Å². The maximum atomic E-state index is 11.5. The average molecular weight is 423 g/mol. The van der Waals surface area contributed by atoms with Crippen LogP contribution in [0.5, 0.6) is 5.75 Å². The Kier molecular flexibility index (Phi) is 6.68. The zero-order valence-electron chi connectivity index (χ0n) is 17.9. The number of hydrogen-bond donors (Lipinski definition) is 1. The molecule has 1 saturated carbocycles. The molecule has 30 heavy (non-hydrogen) atoms. The van der Waals surface area contributed by atoms with E-state index < -0.39 is 0 Å². The predicted molar refractivity (Wildman–Crippen MR) is 119 cm³/mol. The summed E-state index contributed by atoms with van der Waals surface area (Å²) in [5.74, 6) is 0.557. The molecule has 6 nitrogen and oxygen atoms in total. The monoisotopic (exact) mass is 422 g/mol. The second-order valence-corrected chi connectivity index (χ2v) is 8.52. The van der Waals surface area contributed by atoms with E-state index in [1.165, 1.54) is 16.9 Å². The van der Waals surface area contributed by atoms with Gasteiger partial charge in [-0.2, -0.15) is 5.26 Å². The predicted octanol–water partition coefficient (Wildman–Crippen LogP) is 4.88. The summed E-state index contributed by atoms with van der Waals surface area (Å²) in [5, 5.41) is 22.9. The van der Waals surface area contributed by atoms with Crippen molar-refractivity contribution < 1.29 is 9.53 Å². The summed E-state index contributed by atoms with van der Waals surface area (Å²) in [6.45, 7) is 9.46. The summed E-state index contributed by atoms with van der Waals surface area (Å²) in [5.41, 5.74) is 4.79. The molecule has 1 N–H and O–H groups in total. The summed E-state index contributed by atoms with van der Waals surface area (Å²) in [6, 6.07) is 7.77. The number of hydrogen-bond acceptors (Lipinski definition) is 6. The summed E-state index contributed by atoms with van der Waals surface area (Å²) >= 11 is 1.50. The first-order chi connectivity index (χ1) is 14.3. The van der Waals surface area contributed by atoms with E-state index in [4.69, 9.17) is 4.74 Å². The van der Waals surface area contributed by atoms with Crippen LogP contribution in [0.25, 0.3) is 16.1 Å². The van der Waals surface area contributed by atoms with Crippen molar-refractivity contribution in [3.8, 4) is 22.4 Å². The van der Waals surface area contributed by atoms with Crippen molar-refractivity contribution in [2.24, 2.45) is 0 Å².